The van der Waals surface area contributed by atoms with Crippen molar-refractivity contribution in [3.05, 3.63) is 77.2 Å². The van der Waals surface area contributed by atoms with E-state index in [-0.39, 0.29) is 17.5 Å². The number of anilines is 2. The van der Waals surface area contributed by atoms with Gasteiger partial charge in [0.15, 0.2) is 0 Å². The average molecular weight is 453 g/mol. The highest BCUT2D eigenvalue weighted by molar-refractivity contribution is 5.92. The molecule has 2 aromatic carbocycles. The van der Waals surface area contributed by atoms with Crippen molar-refractivity contribution in [2.75, 3.05) is 18.9 Å². The van der Waals surface area contributed by atoms with Crippen LogP contribution in [0.15, 0.2) is 66.0 Å². The lowest BCUT2D eigenvalue weighted by molar-refractivity contribution is -0.131. The maximum atomic E-state index is 13.0. The predicted octanol–water partition coefficient (Wildman–Crippen LogP) is 3.18. The van der Waals surface area contributed by atoms with Crippen molar-refractivity contribution >= 4 is 28.3 Å². The fraction of sp³-hybridized carbons (Fsp3) is 0.231. The molecule has 2 heterocycles. The summed E-state index contributed by atoms with van der Waals surface area (Å²) in [6, 6.07) is 13.1. The van der Waals surface area contributed by atoms with Gasteiger partial charge in [-0.3, -0.25) is 13.9 Å². The van der Waals surface area contributed by atoms with Crippen molar-refractivity contribution in [3.8, 4) is 18.0 Å². The van der Waals surface area contributed by atoms with Gasteiger partial charge in [-0.1, -0.05) is 12.0 Å². The third-order valence-electron chi connectivity index (χ3n) is 6.02. The molecule has 0 aliphatic heterocycles. The minimum Gasteiger partial charge on any atom is -0.344 e. The van der Waals surface area contributed by atoms with Crippen LogP contribution in [0.25, 0.3) is 16.6 Å². The first-order chi connectivity index (χ1) is 16.5. The third kappa shape index (κ3) is 4.28. The van der Waals surface area contributed by atoms with Gasteiger partial charge in [-0.25, -0.2) is 14.8 Å². The number of fused-ring (bicyclic) bond motifs is 1. The third-order valence-corrected chi connectivity index (χ3v) is 6.02. The van der Waals surface area contributed by atoms with E-state index < -0.39 is 0 Å². The van der Waals surface area contributed by atoms with Crippen molar-refractivity contribution in [3.63, 3.8) is 0 Å². The summed E-state index contributed by atoms with van der Waals surface area (Å²) in [5.74, 6) is 3.58. The van der Waals surface area contributed by atoms with Gasteiger partial charge >= 0.3 is 5.69 Å². The molecule has 1 fully saturated rings. The van der Waals surface area contributed by atoms with Crippen LogP contribution in [0.2, 0.25) is 0 Å². The van der Waals surface area contributed by atoms with E-state index in [1.165, 1.54) is 6.33 Å². The smallest absolute Gasteiger partial charge is 0.332 e. The molecule has 1 aliphatic rings. The largest absolute Gasteiger partial charge is 0.344 e. The Labute approximate surface area is 196 Å². The lowest BCUT2D eigenvalue weighted by Crippen LogP contribution is -2.33. The Hall–Kier alpha value is -4.38. The van der Waals surface area contributed by atoms with Gasteiger partial charge in [0.1, 0.15) is 12.1 Å². The molecule has 34 heavy (non-hydrogen) atoms. The summed E-state index contributed by atoms with van der Waals surface area (Å²) in [4.78, 5) is 35.7. The first-order valence-corrected chi connectivity index (χ1v) is 11.1. The zero-order valence-electron chi connectivity index (χ0n) is 18.8. The first kappa shape index (κ1) is 21.5. The monoisotopic (exact) mass is 452 g/mol. The molecular formula is C26H24N6O2. The number of amides is 1. The Balaban J connectivity index is 1.41. The van der Waals surface area contributed by atoms with Crippen LogP contribution in [-0.4, -0.2) is 43.5 Å². The molecule has 0 atom stereocenters. The molecule has 4 aromatic rings. The second kappa shape index (κ2) is 8.87. The summed E-state index contributed by atoms with van der Waals surface area (Å²) in [5.41, 5.74) is 2.87. The number of rotatable bonds is 7. The van der Waals surface area contributed by atoms with Gasteiger partial charge in [0, 0.05) is 55.1 Å². The van der Waals surface area contributed by atoms with Crippen molar-refractivity contribution in [1.29, 1.82) is 0 Å². The zero-order chi connectivity index (χ0) is 23.7. The number of nitrogens with one attached hydrogen (secondary N) is 1. The molecule has 5 rings (SSSR count). The van der Waals surface area contributed by atoms with E-state index in [2.05, 4.69) is 21.2 Å². The standard InChI is InChI=1S/C26H24N6O2/c1-3-18-5-4-6-20(15-18)29-24-22-16-21(9-10-23(22)27-17-28-24)32-14-13-31(26(32)34)12-11-30(2)25(33)19-7-8-19/h1,4-6,9-10,13-17,19H,7-8,11-12H2,2H3,(H,27,28,29). The predicted molar refractivity (Wildman–Crippen MR) is 131 cm³/mol. The number of aromatic nitrogens is 4. The molecule has 0 saturated heterocycles. The Morgan fingerprint density at radius 2 is 2.06 bits per heavy atom. The Morgan fingerprint density at radius 1 is 1.21 bits per heavy atom. The molecule has 0 unspecified atom stereocenters. The van der Waals surface area contributed by atoms with Crippen LogP contribution >= 0.6 is 0 Å². The van der Waals surface area contributed by atoms with Crippen molar-refractivity contribution in [1.82, 2.24) is 24.0 Å². The molecular weight excluding hydrogens is 428 g/mol. The lowest BCUT2D eigenvalue weighted by atomic mass is 10.2. The van der Waals surface area contributed by atoms with Crippen LogP contribution in [0.3, 0.4) is 0 Å². The number of nitrogens with zero attached hydrogens (tertiary/aromatic N) is 5. The van der Waals surface area contributed by atoms with Gasteiger partial charge in [0.05, 0.1) is 11.2 Å². The molecule has 170 valence electrons. The van der Waals surface area contributed by atoms with E-state index >= 15 is 0 Å². The molecule has 1 N–H and O–H groups in total. The van der Waals surface area contributed by atoms with Crippen molar-refractivity contribution in [2.24, 2.45) is 5.92 Å². The Kier molecular flexibility index (Phi) is 5.60. The highest BCUT2D eigenvalue weighted by atomic mass is 16.2. The molecule has 2 aromatic heterocycles. The number of benzene rings is 2. The van der Waals surface area contributed by atoms with Crippen LogP contribution in [0.1, 0.15) is 18.4 Å². The van der Waals surface area contributed by atoms with Crippen LogP contribution in [0.5, 0.6) is 0 Å². The second-order valence-corrected chi connectivity index (χ2v) is 8.45. The summed E-state index contributed by atoms with van der Waals surface area (Å²) in [5, 5.41) is 4.08. The summed E-state index contributed by atoms with van der Waals surface area (Å²) in [6.45, 7) is 0.936. The normalized spacial score (nSPS) is 12.9. The van der Waals surface area contributed by atoms with E-state index in [0.29, 0.717) is 24.6 Å². The Bertz CT molecular complexity index is 1470. The fourth-order valence-corrected chi connectivity index (χ4v) is 3.91. The highest BCUT2D eigenvalue weighted by Gasteiger charge is 2.31. The average Bonchev–Trinajstić information content (AvgIpc) is 3.65. The summed E-state index contributed by atoms with van der Waals surface area (Å²) < 4.78 is 3.20. The minimum absolute atomic E-state index is 0.162. The van der Waals surface area contributed by atoms with Gasteiger partial charge in [0.25, 0.3) is 0 Å². The van der Waals surface area contributed by atoms with Gasteiger partial charge in [-0.2, -0.15) is 0 Å². The lowest BCUT2D eigenvalue weighted by Gasteiger charge is -2.16. The second-order valence-electron chi connectivity index (χ2n) is 8.45. The van der Waals surface area contributed by atoms with Crippen LogP contribution in [0, 0.1) is 18.3 Å². The summed E-state index contributed by atoms with van der Waals surface area (Å²) >= 11 is 0. The van der Waals surface area contributed by atoms with Gasteiger partial charge in [-0.05, 0) is 49.2 Å². The number of hydrogen-bond donors (Lipinski definition) is 1. The maximum absolute atomic E-state index is 13.0. The van der Waals surface area contributed by atoms with Gasteiger partial charge in [-0.15, -0.1) is 6.42 Å². The summed E-state index contributed by atoms with van der Waals surface area (Å²) in [7, 11) is 1.79. The van der Waals surface area contributed by atoms with Crippen LogP contribution in [0.4, 0.5) is 11.5 Å². The van der Waals surface area contributed by atoms with Crippen molar-refractivity contribution in [2.45, 2.75) is 19.4 Å². The Morgan fingerprint density at radius 3 is 2.85 bits per heavy atom. The van der Waals surface area contributed by atoms with E-state index in [4.69, 9.17) is 6.42 Å². The molecule has 1 aliphatic carbocycles. The molecule has 0 spiro atoms. The number of carbonyl (C=O) groups excluding carboxylic acids is 1. The highest BCUT2D eigenvalue weighted by Crippen LogP contribution is 2.30. The number of terminal acetylenes is 1. The number of imidazole rings is 1. The number of carbonyl (C=O) groups is 1. The van der Waals surface area contributed by atoms with E-state index in [1.807, 2.05) is 42.5 Å². The molecule has 8 heteroatoms. The number of likely N-dealkylation sites (N-methyl/N-ethyl adjacent to an activating group) is 1. The molecule has 0 bridgehead atoms. The maximum Gasteiger partial charge on any atom is 0.332 e. The number of hydrogen-bond acceptors (Lipinski definition) is 5. The van der Waals surface area contributed by atoms with E-state index in [9.17, 15) is 9.59 Å². The topological polar surface area (TPSA) is 85.1 Å². The van der Waals surface area contributed by atoms with Gasteiger partial charge in [0.2, 0.25) is 5.91 Å². The molecule has 1 amide bonds. The van der Waals surface area contributed by atoms with Crippen molar-refractivity contribution < 1.29 is 4.79 Å². The first-order valence-electron chi connectivity index (χ1n) is 11.1. The molecule has 8 nitrogen and oxygen atoms in total. The molecule has 0 radical (unpaired) electrons. The van der Waals surface area contributed by atoms with Crippen LogP contribution < -0.4 is 11.0 Å². The summed E-state index contributed by atoms with van der Waals surface area (Å²) in [6.07, 6.45) is 12.4. The SMILES string of the molecule is C#Cc1cccc(Nc2ncnc3ccc(-n4ccn(CCN(C)C(=O)C5CC5)c4=O)cc23)c1. The zero-order valence-corrected chi connectivity index (χ0v) is 18.8. The van der Waals surface area contributed by atoms with Crippen LogP contribution in [-0.2, 0) is 11.3 Å². The molecule has 1 saturated carbocycles. The van der Waals surface area contributed by atoms with E-state index in [1.54, 1.807) is 33.5 Å². The quantitative estimate of drug-likeness (QED) is 0.436. The van der Waals surface area contributed by atoms with E-state index in [0.717, 1.165) is 35.0 Å². The van der Waals surface area contributed by atoms with Gasteiger partial charge < -0.3 is 10.2 Å². The minimum atomic E-state index is -0.167. The fourth-order valence-electron chi connectivity index (χ4n) is 3.91.